The van der Waals surface area contributed by atoms with Crippen LogP contribution in [0.15, 0.2) is 0 Å². The third-order valence-corrected chi connectivity index (χ3v) is 3.30. The quantitative estimate of drug-likeness (QED) is 0.377. The molecule has 6 heteroatoms. The summed E-state index contributed by atoms with van der Waals surface area (Å²) < 4.78 is 0. The number of hydrogen-bond acceptors (Lipinski definition) is 5. The van der Waals surface area contributed by atoms with Gasteiger partial charge in [-0.3, -0.25) is 0 Å². The highest BCUT2D eigenvalue weighted by molar-refractivity contribution is 5.75. The zero-order valence-electron chi connectivity index (χ0n) is 13.6. The van der Waals surface area contributed by atoms with Gasteiger partial charge in [0, 0.05) is 6.42 Å². The largest absolute Gasteiger partial charge is 0.477 e. The van der Waals surface area contributed by atoms with Crippen LogP contribution in [0.2, 0.25) is 0 Å². The Bertz CT molecular complexity index is 291. The summed E-state index contributed by atoms with van der Waals surface area (Å²) in [4.78, 5) is 32.1. The molecule has 0 spiro atoms. The first-order valence-corrected chi connectivity index (χ1v) is 7.01. The molecular weight excluding hydrogens is 264 g/mol. The number of carboxylic acid groups (broad SMARTS) is 1. The van der Waals surface area contributed by atoms with Crippen molar-refractivity contribution in [2.45, 2.75) is 84.7 Å². The van der Waals surface area contributed by atoms with Gasteiger partial charge in [-0.2, -0.15) is 9.78 Å². The minimum atomic E-state index is -1.97. The van der Waals surface area contributed by atoms with E-state index in [1.807, 2.05) is 13.8 Å². The SMILES string of the molecule is CCC(C)(C)OOC(CC)(OOC(C)(C)CC)C(=O)O. The Balaban J connectivity index is 4.89. The van der Waals surface area contributed by atoms with Crippen LogP contribution in [0.1, 0.15) is 67.7 Å². The van der Waals surface area contributed by atoms with E-state index in [-0.39, 0.29) is 6.42 Å². The van der Waals surface area contributed by atoms with Gasteiger partial charge in [-0.25, -0.2) is 14.6 Å². The van der Waals surface area contributed by atoms with Crippen molar-refractivity contribution in [2.24, 2.45) is 0 Å². The first-order valence-electron chi connectivity index (χ1n) is 7.01. The lowest BCUT2D eigenvalue weighted by Gasteiger charge is -2.33. The van der Waals surface area contributed by atoms with Gasteiger partial charge in [0.2, 0.25) is 0 Å². The average molecular weight is 292 g/mol. The van der Waals surface area contributed by atoms with Gasteiger partial charge < -0.3 is 5.11 Å². The maximum Gasteiger partial charge on any atom is 0.370 e. The fourth-order valence-electron chi connectivity index (χ4n) is 0.832. The highest BCUT2D eigenvalue weighted by Crippen LogP contribution is 2.27. The molecule has 0 aromatic heterocycles. The summed E-state index contributed by atoms with van der Waals surface area (Å²) in [6, 6.07) is 0. The zero-order valence-corrected chi connectivity index (χ0v) is 13.6. The molecule has 0 aromatic rings. The van der Waals surface area contributed by atoms with Gasteiger partial charge in [0.25, 0.3) is 0 Å². The molecule has 0 fully saturated rings. The maximum absolute atomic E-state index is 11.5. The maximum atomic E-state index is 11.5. The first-order chi connectivity index (χ1) is 9.04. The van der Waals surface area contributed by atoms with Gasteiger partial charge >= 0.3 is 11.8 Å². The predicted octanol–water partition coefficient (Wildman–Crippen LogP) is 3.45. The molecular formula is C14H28O6. The van der Waals surface area contributed by atoms with E-state index >= 15 is 0 Å². The predicted molar refractivity (Wildman–Crippen MR) is 73.7 cm³/mol. The van der Waals surface area contributed by atoms with Crippen LogP contribution in [0, 0.1) is 0 Å². The lowest BCUT2D eigenvalue weighted by molar-refractivity contribution is -0.530. The van der Waals surface area contributed by atoms with Crippen LogP contribution in [0.5, 0.6) is 0 Å². The lowest BCUT2D eigenvalue weighted by atomic mass is 10.1. The Morgan fingerprint density at radius 1 is 0.800 bits per heavy atom. The van der Waals surface area contributed by atoms with Crippen molar-refractivity contribution in [2.75, 3.05) is 0 Å². The van der Waals surface area contributed by atoms with Crippen molar-refractivity contribution in [3.8, 4) is 0 Å². The fourth-order valence-corrected chi connectivity index (χ4v) is 0.832. The molecule has 0 rings (SSSR count). The summed E-state index contributed by atoms with van der Waals surface area (Å²) in [6.07, 6.45) is 1.36. The summed E-state index contributed by atoms with van der Waals surface area (Å²) >= 11 is 0. The summed E-state index contributed by atoms with van der Waals surface area (Å²) in [6.45, 7) is 12.6. The zero-order chi connectivity index (χ0) is 16.0. The molecule has 0 aromatic carbocycles. The van der Waals surface area contributed by atoms with Gasteiger partial charge in [-0.1, -0.05) is 20.8 Å². The van der Waals surface area contributed by atoms with Crippen molar-refractivity contribution < 1.29 is 29.5 Å². The third kappa shape index (κ3) is 5.75. The second-order valence-electron chi connectivity index (χ2n) is 5.97. The molecule has 0 aliphatic rings. The van der Waals surface area contributed by atoms with Crippen molar-refractivity contribution in [1.82, 2.24) is 0 Å². The molecule has 0 aliphatic carbocycles. The van der Waals surface area contributed by atoms with Gasteiger partial charge in [-0.15, -0.1) is 0 Å². The van der Waals surface area contributed by atoms with E-state index in [4.69, 9.17) is 19.6 Å². The van der Waals surface area contributed by atoms with Crippen LogP contribution in [0.25, 0.3) is 0 Å². The van der Waals surface area contributed by atoms with E-state index < -0.39 is 23.0 Å². The van der Waals surface area contributed by atoms with Crippen LogP contribution in [0.4, 0.5) is 0 Å². The Kier molecular flexibility index (Phi) is 7.10. The molecule has 120 valence electrons. The Hall–Kier alpha value is -0.690. The smallest absolute Gasteiger partial charge is 0.370 e. The molecule has 0 amide bonds. The minimum Gasteiger partial charge on any atom is -0.477 e. The summed E-state index contributed by atoms with van der Waals surface area (Å²) in [7, 11) is 0. The first kappa shape index (κ1) is 19.3. The number of hydrogen-bond donors (Lipinski definition) is 1. The van der Waals surface area contributed by atoms with E-state index in [2.05, 4.69) is 0 Å². The second kappa shape index (κ2) is 7.36. The highest BCUT2D eigenvalue weighted by Gasteiger charge is 2.45. The summed E-state index contributed by atoms with van der Waals surface area (Å²) in [5.74, 6) is -3.27. The standard InChI is InChI=1S/C14H28O6/c1-8-12(4,5)17-19-14(10-3,11(15)16)20-18-13(6,7)9-2/h8-10H2,1-7H3,(H,15,16). The molecule has 6 nitrogen and oxygen atoms in total. The van der Waals surface area contributed by atoms with Crippen LogP contribution in [-0.2, 0) is 24.3 Å². The molecule has 0 heterocycles. The molecule has 0 unspecified atom stereocenters. The molecule has 0 saturated heterocycles. The third-order valence-electron chi connectivity index (χ3n) is 3.30. The van der Waals surface area contributed by atoms with Crippen LogP contribution in [-0.4, -0.2) is 28.1 Å². The van der Waals surface area contributed by atoms with Crippen LogP contribution < -0.4 is 0 Å². The van der Waals surface area contributed by atoms with Crippen LogP contribution in [0.3, 0.4) is 0 Å². The Labute approximate surface area is 121 Å². The molecule has 0 atom stereocenters. The van der Waals surface area contributed by atoms with E-state index in [0.717, 1.165) is 0 Å². The fraction of sp³-hybridized carbons (Fsp3) is 0.929. The molecule has 1 N–H and O–H groups in total. The van der Waals surface area contributed by atoms with Gasteiger partial charge in [-0.05, 0) is 40.5 Å². The molecule has 0 saturated carbocycles. The topological polar surface area (TPSA) is 74.2 Å². The van der Waals surface area contributed by atoms with E-state index in [1.165, 1.54) is 0 Å². The lowest BCUT2D eigenvalue weighted by Crippen LogP contribution is -2.47. The molecule has 0 aliphatic heterocycles. The number of aliphatic carboxylic acids is 1. The van der Waals surface area contributed by atoms with Crippen molar-refractivity contribution in [3.63, 3.8) is 0 Å². The van der Waals surface area contributed by atoms with Gasteiger partial charge in [0.15, 0.2) is 0 Å². The molecule has 0 radical (unpaired) electrons. The van der Waals surface area contributed by atoms with Crippen molar-refractivity contribution in [3.05, 3.63) is 0 Å². The van der Waals surface area contributed by atoms with E-state index in [9.17, 15) is 9.90 Å². The Morgan fingerprint density at radius 3 is 1.35 bits per heavy atom. The van der Waals surface area contributed by atoms with Crippen molar-refractivity contribution >= 4 is 5.97 Å². The number of carboxylic acids is 1. The van der Waals surface area contributed by atoms with Gasteiger partial charge in [0.05, 0.1) is 11.2 Å². The van der Waals surface area contributed by atoms with E-state index in [1.54, 1.807) is 34.6 Å². The monoisotopic (exact) mass is 292 g/mol. The van der Waals surface area contributed by atoms with Crippen LogP contribution >= 0.6 is 0 Å². The normalized spacial score (nSPS) is 13.6. The molecule has 0 bridgehead atoms. The highest BCUT2D eigenvalue weighted by atomic mass is 17.3. The molecule has 20 heavy (non-hydrogen) atoms. The minimum absolute atomic E-state index is 0.0436. The number of rotatable bonds is 10. The van der Waals surface area contributed by atoms with Crippen molar-refractivity contribution in [1.29, 1.82) is 0 Å². The summed E-state index contributed by atoms with van der Waals surface area (Å²) in [5.41, 5.74) is -1.22. The second-order valence-corrected chi connectivity index (χ2v) is 5.97. The average Bonchev–Trinajstić information content (AvgIpc) is 2.39. The number of carbonyl (C=O) groups is 1. The van der Waals surface area contributed by atoms with E-state index in [0.29, 0.717) is 12.8 Å². The Morgan fingerprint density at radius 2 is 1.15 bits per heavy atom. The summed E-state index contributed by atoms with van der Waals surface area (Å²) in [5, 5.41) is 9.35. The van der Waals surface area contributed by atoms with Gasteiger partial charge in [0.1, 0.15) is 0 Å².